The standard InChI is InChI=1S/C18H31N5O6S/c24-17(16-5-4-15-11-22(16)18(25)23(15)29-30(26)27)20-28-12-14-8-13(9-19-14)10-21-6-2-1-3-7-21/h13-16,19H,1-12H2,(H,20,24)(H,26,27)/t13-,14-,15?,16?/m1/s1. The average molecular weight is 446 g/mol. The smallest absolute Gasteiger partial charge is 0.311 e. The zero-order valence-corrected chi connectivity index (χ0v) is 17.8. The number of hydrogen-bond donors (Lipinski definition) is 3. The van der Waals surface area contributed by atoms with Gasteiger partial charge in [-0.15, -0.1) is 4.28 Å². The van der Waals surface area contributed by atoms with E-state index in [1.54, 1.807) is 0 Å². The molecule has 0 radical (unpaired) electrons. The molecule has 11 nitrogen and oxygen atoms in total. The highest BCUT2D eigenvalue weighted by atomic mass is 32.2. The molecule has 4 heterocycles. The zero-order valence-electron chi connectivity index (χ0n) is 17.0. The molecule has 3 unspecified atom stereocenters. The summed E-state index contributed by atoms with van der Waals surface area (Å²) in [5.74, 6) is 0.226. The molecule has 3 N–H and O–H groups in total. The van der Waals surface area contributed by atoms with Gasteiger partial charge in [0.25, 0.3) is 5.91 Å². The molecule has 4 rings (SSSR count). The molecule has 0 aliphatic carbocycles. The van der Waals surface area contributed by atoms with E-state index in [0.29, 0.717) is 25.4 Å². The van der Waals surface area contributed by atoms with Crippen LogP contribution in [0, 0.1) is 5.92 Å². The van der Waals surface area contributed by atoms with Crippen LogP contribution in [0.5, 0.6) is 0 Å². The van der Waals surface area contributed by atoms with Gasteiger partial charge in [-0.3, -0.25) is 14.2 Å². The van der Waals surface area contributed by atoms with Crippen LogP contribution in [0.4, 0.5) is 4.79 Å². The Kier molecular flexibility index (Phi) is 7.21. The monoisotopic (exact) mass is 445 g/mol. The second-order valence-electron chi connectivity index (χ2n) is 8.64. The lowest BCUT2D eigenvalue weighted by molar-refractivity contribution is -0.139. The minimum atomic E-state index is -2.58. The predicted molar refractivity (Wildman–Crippen MR) is 107 cm³/mol. The van der Waals surface area contributed by atoms with Crippen LogP contribution >= 0.6 is 0 Å². The average Bonchev–Trinajstić information content (AvgIpc) is 3.27. The van der Waals surface area contributed by atoms with Gasteiger partial charge in [-0.05, 0) is 57.7 Å². The summed E-state index contributed by atoms with van der Waals surface area (Å²) in [6.45, 7) is 5.14. The fourth-order valence-electron chi connectivity index (χ4n) is 5.03. The van der Waals surface area contributed by atoms with Crippen molar-refractivity contribution < 1.29 is 27.5 Å². The first-order chi connectivity index (χ1) is 14.5. The minimum Gasteiger partial charge on any atom is -0.311 e. The summed E-state index contributed by atoms with van der Waals surface area (Å²) in [5.41, 5.74) is 2.48. The van der Waals surface area contributed by atoms with Gasteiger partial charge in [-0.25, -0.2) is 10.3 Å². The van der Waals surface area contributed by atoms with Gasteiger partial charge in [0.1, 0.15) is 6.04 Å². The van der Waals surface area contributed by atoms with E-state index < -0.39 is 23.4 Å². The maximum atomic E-state index is 12.5. The summed E-state index contributed by atoms with van der Waals surface area (Å²) >= 11 is -2.58. The molecule has 0 aromatic carbocycles. The normalized spacial score (nSPS) is 33.2. The Morgan fingerprint density at radius 1 is 1.27 bits per heavy atom. The number of likely N-dealkylation sites (tertiary alicyclic amines) is 1. The number of nitrogens with one attached hydrogen (secondary N) is 2. The molecule has 4 aliphatic rings. The third kappa shape index (κ3) is 5.11. The molecule has 0 aromatic rings. The van der Waals surface area contributed by atoms with Crippen LogP contribution in [0.15, 0.2) is 0 Å². The van der Waals surface area contributed by atoms with Crippen molar-refractivity contribution in [2.24, 2.45) is 5.92 Å². The summed E-state index contributed by atoms with van der Waals surface area (Å²) in [5, 5.41) is 4.36. The third-order valence-corrected chi connectivity index (χ3v) is 6.79. The van der Waals surface area contributed by atoms with E-state index in [1.165, 1.54) is 37.3 Å². The van der Waals surface area contributed by atoms with Crippen molar-refractivity contribution in [1.82, 2.24) is 25.7 Å². The number of fused-ring (bicyclic) bond motifs is 2. The first kappa shape index (κ1) is 21.9. The van der Waals surface area contributed by atoms with Crippen LogP contribution < -0.4 is 10.8 Å². The van der Waals surface area contributed by atoms with E-state index in [1.807, 2.05) is 0 Å². The van der Waals surface area contributed by atoms with E-state index in [4.69, 9.17) is 9.39 Å². The second-order valence-corrected chi connectivity index (χ2v) is 9.23. The fraction of sp³-hybridized carbons (Fsp3) is 0.889. The van der Waals surface area contributed by atoms with Crippen molar-refractivity contribution in [2.75, 3.05) is 39.3 Å². The number of nitrogens with zero attached hydrogens (tertiary/aromatic N) is 3. The van der Waals surface area contributed by atoms with Gasteiger partial charge in [-0.1, -0.05) is 6.42 Å². The molecule has 170 valence electrons. The maximum absolute atomic E-state index is 12.5. The van der Waals surface area contributed by atoms with E-state index in [9.17, 15) is 13.8 Å². The summed E-state index contributed by atoms with van der Waals surface area (Å²) in [4.78, 5) is 34.3. The van der Waals surface area contributed by atoms with Crippen molar-refractivity contribution >= 4 is 23.3 Å². The molecule has 4 aliphatic heterocycles. The lowest BCUT2D eigenvalue weighted by Crippen LogP contribution is -2.50. The van der Waals surface area contributed by atoms with Crippen LogP contribution in [0.3, 0.4) is 0 Å². The van der Waals surface area contributed by atoms with Crippen molar-refractivity contribution in [3.63, 3.8) is 0 Å². The van der Waals surface area contributed by atoms with Gasteiger partial charge >= 0.3 is 17.4 Å². The second kappa shape index (κ2) is 9.88. The van der Waals surface area contributed by atoms with E-state index >= 15 is 0 Å². The topological polar surface area (TPSA) is 124 Å². The van der Waals surface area contributed by atoms with Gasteiger partial charge < -0.3 is 15.1 Å². The Labute approximate surface area is 178 Å². The molecule has 2 bridgehead atoms. The lowest BCUT2D eigenvalue weighted by Gasteiger charge is -2.29. The van der Waals surface area contributed by atoms with Crippen molar-refractivity contribution in [3.05, 3.63) is 0 Å². The molecule has 5 atom stereocenters. The number of piperidine rings is 2. The van der Waals surface area contributed by atoms with E-state index in [2.05, 4.69) is 20.0 Å². The Morgan fingerprint density at radius 2 is 2.07 bits per heavy atom. The first-order valence-electron chi connectivity index (χ1n) is 10.8. The number of carbonyl (C=O) groups excluding carboxylic acids is 2. The van der Waals surface area contributed by atoms with Crippen LogP contribution in [-0.4, -0.2) is 93.0 Å². The minimum absolute atomic E-state index is 0.202. The van der Waals surface area contributed by atoms with Crippen LogP contribution in [0.1, 0.15) is 38.5 Å². The molecule has 4 saturated heterocycles. The Hall–Kier alpha value is -1.31. The Morgan fingerprint density at radius 3 is 2.83 bits per heavy atom. The molecule has 12 heteroatoms. The lowest BCUT2D eigenvalue weighted by atomic mass is 10.0. The van der Waals surface area contributed by atoms with Crippen molar-refractivity contribution in [1.29, 1.82) is 0 Å². The number of urea groups is 1. The molecule has 4 fully saturated rings. The molecule has 0 spiro atoms. The number of carbonyl (C=O) groups is 2. The maximum Gasteiger partial charge on any atom is 0.346 e. The van der Waals surface area contributed by atoms with Gasteiger partial charge in [0, 0.05) is 19.1 Å². The quantitative estimate of drug-likeness (QED) is 0.348. The van der Waals surface area contributed by atoms with Crippen molar-refractivity contribution in [3.8, 4) is 0 Å². The van der Waals surface area contributed by atoms with E-state index in [-0.39, 0.29) is 24.5 Å². The first-order valence-corrected chi connectivity index (χ1v) is 11.8. The summed E-state index contributed by atoms with van der Waals surface area (Å²) < 4.78 is 24.4. The summed E-state index contributed by atoms with van der Waals surface area (Å²) in [7, 11) is 0. The van der Waals surface area contributed by atoms with E-state index in [0.717, 1.165) is 24.6 Å². The zero-order chi connectivity index (χ0) is 21.1. The molecule has 0 aromatic heterocycles. The Bertz CT molecular complexity index is 663. The van der Waals surface area contributed by atoms with Crippen molar-refractivity contribution in [2.45, 2.75) is 56.7 Å². The van der Waals surface area contributed by atoms with Gasteiger partial charge in [0.05, 0.1) is 12.6 Å². The highest BCUT2D eigenvalue weighted by Crippen LogP contribution is 2.30. The third-order valence-electron chi connectivity index (χ3n) is 6.50. The highest BCUT2D eigenvalue weighted by molar-refractivity contribution is 7.74. The molecule has 3 amide bonds. The highest BCUT2D eigenvalue weighted by Gasteiger charge is 2.48. The summed E-state index contributed by atoms with van der Waals surface area (Å²) in [6.07, 6.45) is 5.91. The largest absolute Gasteiger partial charge is 0.346 e. The van der Waals surface area contributed by atoms with Gasteiger partial charge in [0.2, 0.25) is 0 Å². The molecular formula is C18H31N5O6S. The number of amides is 3. The molecular weight excluding hydrogens is 414 g/mol. The van der Waals surface area contributed by atoms with Crippen LogP contribution in [-0.2, 0) is 25.3 Å². The van der Waals surface area contributed by atoms with Crippen LogP contribution in [0.2, 0.25) is 0 Å². The number of hydroxylamine groups is 3. The number of hydrogen-bond acceptors (Lipinski definition) is 7. The van der Waals surface area contributed by atoms with Gasteiger partial charge in [0.15, 0.2) is 0 Å². The summed E-state index contributed by atoms with van der Waals surface area (Å²) in [6, 6.07) is -1.36. The van der Waals surface area contributed by atoms with Gasteiger partial charge in [-0.2, -0.15) is 9.27 Å². The fourth-order valence-corrected chi connectivity index (χ4v) is 5.35. The predicted octanol–water partition coefficient (Wildman–Crippen LogP) is -0.165. The molecule has 0 saturated carbocycles. The van der Waals surface area contributed by atoms with Crippen LogP contribution in [0.25, 0.3) is 0 Å². The SMILES string of the molecule is O=C(NOC[C@H]1C[C@@H](CN2CCCCC2)CN1)C1CCC2CN1C(=O)N2OS(=O)O. The Balaban J connectivity index is 1.17. The molecule has 30 heavy (non-hydrogen) atoms. The number of rotatable bonds is 8.